The minimum Gasteiger partial charge on any atom is -0.490 e. The third-order valence-electron chi connectivity index (χ3n) is 6.31. The number of rotatable bonds is 7. The summed E-state index contributed by atoms with van der Waals surface area (Å²) in [7, 11) is 0. The van der Waals surface area contributed by atoms with E-state index in [2.05, 4.69) is 6.07 Å². The normalized spacial score (nSPS) is 18.1. The molecule has 2 aliphatic heterocycles. The van der Waals surface area contributed by atoms with Crippen molar-refractivity contribution in [3.05, 3.63) is 53.0 Å². The molecule has 2 saturated heterocycles. The molecule has 8 nitrogen and oxygen atoms in total. The van der Waals surface area contributed by atoms with Crippen molar-refractivity contribution >= 4 is 33.4 Å². The molecule has 2 aliphatic rings. The molecule has 1 aromatic heterocycles. The van der Waals surface area contributed by atoms with E-state index < -0.39 is 0 Å². The van der Waals surface area contributed by atoms with Crippen molar-refractivity contribution in [3.63, 3.8) is 0 Å². The first-order chi connectivity index (χ1) is 17.1. The lowest BCUT2D eigenvalue weighted by atomic mass is 10.1. The van der Waals surface area contributed by atoms with E-state index in [0.717, 1.165) is 28.1 Å². The molecule has 0 saturated carbocycles. The standard InChI is InChI=1S/C26H29N3O5S/c1-2-33-22-16-18(9-10-21(22)34-17-24(30)28-12-14-32-15-13-28)26(31)29-11-5-7-20(29)25-27-19-6-3-4-8-23(19)35-25/h3-4,6,8-10,16,20H,2,5,7,11-15,17H2,1H3/t20-/m0/s1. The fourth-order valence-corrected chi connectivity index (χ4v) is 5.65. The molecule has 0 radical (unpaired) electrons. The van der Waals surface area contributed by atoms with Gasteiger partial charge in [0.2, 0.25) is 0 Å². The molecule has 0 aliphatic carbocycles. The smallest absolute Gasteiger partial charge is 0.260 e. The average Bonchev–Trinajstić information content (AvgIpc) is 3.55. The second kappa shape index (κ2) is 10.6. The van der Waals surface area contributed by atoms with E-state index in [-0.39, 0.29) is 24.5 Å². The molecule has 1 atom stereocenters. The van der Waals surface area contributed by atoms with E-state index in [1.165, 1.54) is 0 Å². The van der Waals surface area contributed by atoms with Gasteiger partial charge in [0.25, 0.3) is 11.8 Å². The molecular weight excluding hydrogens is 466 g/mol. The molecule has 35 heavy (non-hydrogen) atoms. The number of likely N-dealkylation sites (tertiary alicyclic amines) is 1. The molecular formula is C26H29N3O5S. The molecule has 5 rings (SSSR count). The lowest BCUT2D eigenvalue weighted by molar-refractivity contribution is -0.137. The van der Waals surface area contributed by atoms with Gasteiger partial charge in [0.1, 0.15) is 5.01 Å². The largest absolute Gasteiger partial charge is 0.490 e. The first-order valence-electron chi connectivity index (χ1n) is 12.1. The summed E-state index contributed by atoms with van der Waals surface area (Å²) in [5.74, 6) is 0.772. The Balaban J connectivity index is 1.31. The van der Waals surface area contributed by atoms with Crippen LogP contribution in [0, 0.1) is 0 Å². The summed E-state index contributed by atoms with van der Waals surface area (Å²) in [4.78, 5) is 34.4. The summed E-state index contributed by atoms with van der Waals surface area (Å²) < 4.78 is 18.0. The fourth-order valence-electron chi connectivity index (χ4n) is 4.54. The number of para-hydroxylation sites is 1. The van der Waals surface area contributed by atoms with Crippen LogP contribution in [0.25, 0.3) is 10.2 Å². The van der Waals surface area contributed by atoms with Crippen LogP contribution in [-0.4, -0.2) is 72.7 Å². The van der Waals surface area contributed by atoms with E-state index in [9.17, 15) is 9.59 Å². The average molecular weight is 496 g/mol. The Hall–Kier alpha value is -3.17. The number of ether oxygens (including phenoxy) is 3. The SMILES string of the molecule is CCOc1cc(C(=O)N2CCC[C@H]2c2nc3ccccc3s2)ccc1OCC(=O)N1CCOCC1. The molecule has 184 valence electrons. The molecule has 0 bridgehead atoms. The number of aromatic nitrogens is 1. The van der Waals surface area contributed by atoms with Crippen LogP contribution in [0.1, 0.15) is 41.2 Å². The van der Waals surface area contributed by atoms with Gasteiger partial charge >= 0.3 is 0 Å². The molecule has 9 heteroatoms. The minimum absolute atomic E-state index is 0.0301. The Morgan fingerprint density at radius 1 is 1.09 bits per heavy atom. The second-order valence-electron chi connectivity index (χ2n) is 8.55. The maximum atomic E-state index is 13.5. The van der Waals surface area contributed by atoms with Crippen LogP contribution >= 0.6 is 11.3 Å². The summed E-state index contributed by atoms with van der Waals surface area (Å²) >= 11 is 1.65. The van der Waals surface area contributed by atoms with Crippen molar-refractivity contribution < 1.29 is 23.8 Å². The summed E-state index contributed by atoms with van der Waals surface area (Å²) in [5, 5.41) is 0.976. The number of morpholine rings is 1. The number of fused-ring (bicyclic) bond motifs is 1. The van der Waals surface area contributed by atoms with E-state index >= 15 is 0 Å². The Morgan fingerprint density at radius 2 is 1.91 bits per heavy atom. The molecule has 3 heterocycles. The van der Waals surface area contributed by atoms with Crippen LogP contribution in [0.15, 0.2) is 42.5 Å². The maximum Gasteiger partial charge on any atom is 0.260 e. The molecule has 0 N–H and O–H groups in total. The molecule has 3 aromatic rings. The fraction of sp³-hybridized carbons (Fsp3) is 0.423. The number of hydrogen-bond acceptors (Lipinski definition) is 7. The highest BCUT2D eigenvalue weighted by atomic mass is 32.1. The van der Waals surface area contributed by atoms with Crippen molar-refractivity contribution in [2.24, 2.45) is 0 Å². The van der Waals surface area contributed by atoms with Crippen molar-refractivity contribution in [1.29, 1.82) is 0 Å². The molecule has 2 aromatic carbocycles. The number of amides is 2. The second-order valence-corrected chi connectivity index (χ2v) is 9.61. The zero-order valence-corrected chi connectivity index (χ0v) is 20.6. The monoisotopic (exact) mass is 495 g/mol. The van der Waals surface area contributed by atoms with Gasteiger partial charge in [-0.3, -0.25) is 9.59 Å². The lowest BCUT2D eigenvalue weighted by Gasteiger charge is -2.27. The number of nitrogens with zero attached hydrogens (tertiary/aromatic N) is 3. The first kappa shape index (κ1) is 23.6. The van der Waals surface area contributed by atoms with Gasteiger partial charge in [0, 0.05) is 25.2 Å². The third kappa shape index (κ3) is 5.11. The summed E-state index contributed by atoms with van der Waals surface area (Å²) in [6.45, 7) is 5.13. The van der Waals surface area contributed by atoms with Crippen LogP contribution in [0.2, 0.25) is 0 Å². The number of benzene rings is 2. The summed E-state index contributed by atoms with van der Waals surface area (Å²) in [6.07, 6.45) is 1.84. The highest BCUT2D eigenvalue weighted by Gasteiger charge is 2.33. The topological polar surface area (TPSA) is 81.2 Å². The Morgan fingerprint density at radius 3 is 2.71 bits per heavy atom. The third-order valence-corrected chi connectivity index (χ3v) is 7.45. The van der Waals surface area contributed by atoms with Crippen LogP contribution in [0.3, 0.4) is 0 Å². The van der Waals surface area contributed by atoms with Crippen LogP contribution in [-0.2, 0) is 9.53 Å². The van der Waals surface area contributed by atoms with E-state index in [1.807, 2.05) is 30.0 Å². The first-order valence-corrected chi connectivity index (χ1v) is 12.9. The van der Waals surface area contributed by atoms with Gasteiger partial charge in [-0.2, -0.15) is 0 Å². The molecule has 0 unspecified atom stereocenters. The Kier molecular flexibility index (Phi) is 7.15. The summed E-state index contributed by atoms with van der Waals surface area (Å²) in [6, 6.07) is 13.2. The Labute approximate surface area is 208 Å². The molecule has 2 fully saturated rings. The van der Waals surface area contributed by atoms with Gasteiger partial charge in [0.15, 0.2) is 18.1 Å². The van der Waals surface area contributed by atoms with E-state index in [4.69, 9.17) is 19.2 Å². The van der Waals surface area contributed by atoms with Gasteiger partial charge in [-0.15, -0.1) is 11.3 Å². The predicted octanol–water partition coefficient (Wildman–Crippen LogP) is 3.91. The van der Waals surface area contributed by atoms with Gasteiger partial charge in [-0.05, 0) is 50.1 Å². The number of hydrogen-bond donors (Lipinski definition) is 0. The van der Waals surface area contributed by atoms with Crippen molar-refractivity contribution in [2.45, 2.75) is 25.8 Å². The van der Waals surface area contributed by atoms with E-state index in [1.54, 1.807) is 34.4 Å². The lowest BCUT2D eigenvalue weighted by Crippen LogP contribution is -2.43. The van der Waals surface area contributed by atoms with Crippen LogP contribution < -0.4 is 9.47 Å². The van der Waals surface area contributed by atoms with Gasteiger partial charge < -0.3 is 24.0 Å². The Bertz CT molecular complexity index is 1170. The summed E-state index contributed by atoms with van der Waals surface area (Å²) in [5.41, 5.74) is 1.51. The maximum absolute atomic E-state index is 13.5. The molecule has 0 spiro atoms. The quantitative estimate of drug-likeness (QED) is 0.494. The number of thiazole rings is 1. The number of carbonyl (C=O) groups is 2. The van der Waals surface area contributed by atoms with Gasteiger partial charge in [-0.25, -0.2) is 4.98 Å². The van der Waals surface area contributed by atoms with Gasteiger partial charge in [0.05, 0.1) is 36.1 Å². The van der Waals surface area contributed by atoms with Crippen molar-refractivity contribution in [3.8, 4) is 11.5 Å². The highest BCUT2D eigenvalue weighted by Crippen LogP contribution is 2.38. The van der Waals surface area contributed by atoms with Crippen LogP contribution in [0.5, 0.6) is 11.5 Å². The molecule has 2 amide bonds. The zero-order valence-electron chi connectivity index (χ0n) is 19.8. The zero-order chi connectivity index (χ0) is 24.2. The predicted molar refractivity (Wildman–Crippen MR) is 133 cm³/mol. The van der Waals surface area contributed by atoms with Crippen molar-refractivity contribution in [1.82, 2.24) is 14.8 Å². The number of carbonyl (C=O) groups excluding carboxylic acids is 2. The van der Waals surface area contributed by atoms with Crippen LogP contribution in [0.4, 0.5) is 0 Å². The van der Waals surface area contributed by atoms with Gasteiger partial charge in [-0.1, -0.05) is 12.1 Å². The highest BCUT2D eigenvalue weighted by molar-refractivity contribution is 7.18. The van der Waals surface area contributed by atoms with E-state index in [0.29, 0.717) is 56.5 Å². The minimum atomic E-state index is -0.0911. The van der Waals surface area contributed by atoms with Crippen molar-refractivity contribution in [2.75, 3.05) is 46.1 Å².